The lowest BCUT2D eigenvalue weighted by molar-refractivity contribution is -0.161. The molecule has 5 nitrogen and oxygen atoms in total. The number of esters is 2. The van der Waals surface area contributed by atoms with Gasteiger partial charge in [-0.25, -0.2) is 0 Å². The van der Waals surface area contributed by atoms with Gasteiger partial charge in [-0.05, 0) is 83.5 Å². The molecule has 1 atom stereocenters. The fourth-order valence-electron chi connectivity index (χ4n) is 9.64. The van der Waals surface area contributed by atoms with E-state index in [1.165, 1.54) is 238 Å². The van der Waals surface area contributed by atoms with Gasteiger partial charge in [0.2, 0.25) is 0 Å². The van der Waals surface area contributed by atoms with Gasteiger partial charge in [0.05, 0.1) is 6.61 Å². The molecule has 0 heterocycles. The zero-order chi connectivity index (χ0) is 53.4. The molecule has 1 unspecified atom stereocenters. The first-order valence-electron chi connectivity index (χ1n) is 32.5. The highest BCUT2D eigenvalue weighted by atomic mass is 16.6. The molecule has 0 aliphatic rings. The van der Waals surface area contributed by atoms with Gasteiger partial charge in [0.15, 0.2) is 6.10 Å². The van der Waals surface area contributed by atoms with E-state index in [1.54, 1.807) is 0 Å². The molecule has 5 heteroatoms. The highest BCUT2D eigenvalue weighted by molar-refractivity contribution is 5.70. The Morgan fingerprint density at radius 1 is 0.324 bits per heavy atom. The summed E-state index contributed by atoms with van der Waals surface area (Å²) in [5.41, 5.74) is 0. The zero-order valence-corrected chi connectivity index (χ0v) is 49.4. The first kappa shape index (κ1) is 71.3. The Kier molecular flexibility index (Phi) is 62.3. The van der Waals surface area contributed by atoms with Crippen molar-refractivity contribution in [2.24, 2.45) is 0 Å². The number of hydrogen-bond donors (Lipinski definition) is 1. The van der Waals surface area contributed by atoms with Crippen molar-refractivity contribution in [3.8, 4) is 0 Å². The Balaban J connectivity index is 3.41. The average Bonchev–Trinajstić information content (AvgIpc) is 3.40. The van der Waals surface area contributed by atoms with E-state index in [0.717, 1.165) is 70.6 Å². The maximum Gasteiger partial charge on any atom is 0.306 e. The molecule has 1 N–H and O–H groups in total. The molecule has 430 valence electrons. The number of hydrogen-bond acceptors (Lipinski definition) is 5. The predicted molar refractivity (Wildman–Crippen MR) is 325 cm³/mol. The summed E-state index contributed by atoms with van der Waals surface area (Å²) in [5, 5.41) is 9.68. The zero-order valence-electron chi connectivity index (χ0n) is 49.4. The Bertz CT molecular complexity index is 1310. The molecular formula is C69H124O5. The molecule has 0 aliphatic carbocycles. The average molecular weight is 1030 g/mol. The van der Waals surface area contributed by atoms with Gasteiger partial charge in [-0.1, -0.05) is 311 Å². The summed E-state index contributed by atoms with van der Waals surface area (Å²) in [6.45, 7) is 4.06. The molecule has 0 aromatic carbocycles. The minimum atomic E-state index is -0.774. The number of aliphatic hydroxyl groups is 1. The maximum atomic E-state index is 12.3. The van der Waals surface area contributed by atoms with E-state index >= 15 is 0 Å². The van der Waals surface area contributed by atoms with Crippen LogP contribution in [0.25, 0.3) is 0 Å². The molecule has 0 spiro atoms. The van der Waals surface area contributed by atoms with Crippen LogP contribution in [0.5, 0.6) is 0 Å². The van der Waals surface area contributed by atoms with Gasteiger partial charge in [-0.15, -0.1) is 0 Å². The van der Waals surface area contributed by atoms with E-state index in [2.05, 4.69) is 86.8 Å². The fourth-order valence-corrected chi connectivity index (χ4v) is 9.64. The summed E-state index contributed by atoms with van der Waals surface area (Å²) in [6.07, 6.45) is 89.2. The highest BCUT2D eigenvalue weighted by Gasteiger charge is 2.16. The fraction of sp³-hybridized carbons (Fsp3) is 0.797. The Morgan fingerprint density at radius 2 is 0.581 bits per heavy atom. The number of ether oxygens (including phenoxy) is 2. The summed E-state index contributed by atoms with van der Waals surface area (Å²) in [4.78, 5) is 24.6. The second-order valence-electron chi connectivity index (χ2n) is 21.8. The van der Waals surface area contributed by atoms with Crippen LogP contribution < -0.4 is 0 Å². The summed E-state index contributed by atoms with van der Waals surface area (Å²) in [5.74, 6) is -0.577. The number of carbonyl (C=O) groups excluding carboxylic acids is 2. The minimum Gasteiger partial charge on any atom is -0.462 e. The number of rotatable bonds is 60. The molecule has 74 heavy (non-hydrogen) atoms. The van der Waals surface area contributed by atoms with Gasteiger partial charge in [0, 0.05) is 12.8 Å². The van der Waals surface area contributed by atoms with Crippen molar-refractivity contribution < 1.29 is 24.2 Å². The van der Waals surface area contributed by atoms with Gasteiger partial charge in [-0.3, -0.25) is 9.59 Å². The van der Waals surface area contributed by atoms with Crippen LogP contribution in [0.2, 0.25) is 0 Å². The smallest absolute Gasteiger partial charge is 0.306 e. The van der Waals surface area contributed by atoms with E-state index < -0.39 is 6.10 Å². The minimum absolute atomic E-state index is 0.0642. The molecule has 0 saturated heterocycles. The third kappa shape index (κ3) is 61.9. The third-order valence-electron chi connectivity index (χ3n) is 14.5. The lowest BCUT2D eigenvalue weighted by Gasteiger charge is -2.15. The van der Waals surface area contributed by atoms with E-state index in [9.17, 15) is 14.7 Å². The first-order valence-corrected chi connectivity index (χ1v) is 32.5. The predicted octanol–water partition coefficient (Wildman–Crippen LogP) is 22.3. The second kappa shape index (κ2) is 64.6. The van der Waals surface area contributed by atoms with Crippen molar-refractivity contribution >= 4 is 11.9 Å². The third-order valence-corrected chi connectivity index (χ3v) is 14.5. The molecule has 0 saturated carbocycles. The van der Waals surface area contributed by atoms with Crippen molar-refractivity contribution in [1.29, 1.82) is 0 Å². The molecule has 0 aromatic heterocycles. The van der Waals surface area contributed by atoms with Gasteiger partial charge < -0.3 is 14.6 Å². The van der Waals surface area contributed by atoms with Crippen LogP contribution in [0, 0.1) is 0 Å². The van der Waals surface area contributed by atoms with Crippen LogP contribution >= 0.6 is 0 Å². The molecule has 0 fully saturated rings. The Morgan fingerprint density at radius 3 is 0.878 bits per heavy atom. The van der Waals surface area contributed by atoms with Crippen molar-refractivity contribution in [1.82, 2.24) is 0 Å². The van der Waals surface area contributed by atoms with E-state index in [0.29, 0.717) is 12.8 Å². The van der Waals surface area contributed by atoms with Gasteiger partial charge in [0.1, 0.15) is 6.61 Å². The highest BCUT2D eigenvalue weighted by Crippen LogP contribution is 2.18. The van der Waals surface area contributed by atoms with E-state index in [1.807, 2.05) is 0 Å². The van der Waals surface area contributed by atoms with Gasteiger partial charge >= 0.3 is 11.9 Å². The van der Waals surface area contributed by atoms with Gasteiger partial charge in [-0.2, -0.15) is 0 Å². The maximum absolute atomic E-state index is 12.3. The van der Waals surface area contributed by atoms with Gasteiger partial charge in [0.25, 0.3) is 0 Å². The Hall–Kier alpha value is -2.66. The number of unbranched alkanes of at least 4 members (excludes halogenated alkanes) is 40. The number of aliphatic hydroxyl groups excluding tert-OH is 1. The van der Waals surface area contributed by atoms with Crippen molar-refractivity contribution in [2.45, 2.75) is 341 Å². The molecule has 0 bridgehead atoms. The summed E-state index contributed by atoms with van der Waals surface area (Å²) < 4.78 is 10.7. The van der Waals surface area contributed by atoms with Crippen molar-refractivity contribution in [3.63, 3.8) is 0 Å². The van der Waals surface area contributed by atoms with Crippen LogP contribution in [0.3, 0.4) is 0 Å². The normalized spacial score (nSPS) is 12.6. The topological polar surface area (TPSA) is 72.8 Å². The van der Waals surface area contributed by atoms with Crippen LogP contribution in [-0.4, -0.2) is 36.4 Å². The SMILES string of the molecule is CC/C=C\C/C=C\C/C=C\C/C=C\CCCCCCCCCCCCCCCCCCCCCCCCCCC(=O)OC(CO)COC(=O)CCCCCCCCCCCCC/C=C\C/C=C\CCCCCCC. The molecule has 0 aromatic rings. The van der Waals surface area contributed by atoms with E-state index in [4.69, 9.17) is 9.47 Å². The van der Waals surface area contributed by atoms with Crippen LogP contribution in [-0.2, 0) is 19.1 Å². The molecule has 0 rings (SSSR count). The number of allylic oxidation sites excluding steroid dienone is 12. The molecule has 0 aliphatic heterocycles. The largest absolute Gasteiger partial charge is 0.462 e. The van der Waals surface area contributed by atoms with Crippen molar-refractivity contribution in [2.75, 3.05) is 13.2 Å². The van der Waals surface area contributed by atoms with Crippen LogP contribution in [0.15, 0.2) is 72.9 Å². The monoisotopic (exact) mass is 1030 g/mol. The Labute approximate surface area is 461 Å². The van der Waals surface area contributed by atoms with Crippen LogP contribution in [0.4, 0.5) is 0 Å². The lowest BCUT2D eigenvalue weighted by atomic mass is 10.0. The van der Waals surface area contributed by atoms with E-state index in [-0.39, 0.29) is 25.2 Å². The molecule has 0 amide bonds. The first-order chi connectivity index (χ1) is 36.6. The van der Waals surface area contributed by atoms with Crippen LogP contribution in [0.1, 0.15) is 335 Å². The van der Waals surface area contributed by atoms with Crippen molar-refractivity contribution in [3.05, 3.63) is 72.9 Å². The number of carbonyl (C=O) groups is 2. The summed E-state index contributed by atoms with van der Waals surface area (Å²) >= 11 is 0. The summed E-state index contributed by atoms with van der Waals surface area (Å²) in [7, 11) is 0. The summed E-state index contributed by atoms with van der Waals surface area (Å²) in [6, 6.07) is 0. The second-order valence-corrected chi connectivity index (χ2v) is 21.8. The molecule has 0 radical (unpaired) electrons. The lowest BCUT2D eigenvalue weighted by Crippen LogP contribution is -2.28. The quantitative estimate of drug-likeness (QED) is 0.0373. The molecular weight excluding hydrogens is 909 g/mol. The standard InChI is InChI=1S/C69H124O5/c1-3-5-7-9-11-13-15-17-19-21-23-25-27-28-29-30-31-32-33-34-35-36-37-38-39-40-42-44-46-48-50-52-54-56-58-60-62-64-69(72)74-67(65-70)66-73-68(71)63-61-59-57-55-53-51-49-47-45-43-41-26-24-22-20-18-16-14-12-10-8-6-4-2/h5,7,11,13,16-19,22-25,67,70H,3-4,6,8-10,12,14-15,20-21,26-66H2,1-2H3/b7-5-,13-11-,18-16-,19-17-,24-22-,25-23-.